The summed E-state index contributed by atoms with van der Waals surface area (Å²) in [6, 6.07) is 1.17. The molecule has 64 valence electrons. The average molecular weight is 169 g/mol. The molecule has 0 amide bonds. The lowest BCUT2D eigenvalue weighted by Crippen LogP contribution is -2.38. The smallest absolute Gasteiger partial charge is 0.143 e. The molecule has 0 aliphatic heterocycles. The van der Waals surface area contributed by atoms with E-state index in [1.807, 2.05) is 0 Å². The Morgan fingerprint density at radius 1 is 1.36 bits per heavy atom. The van der Waals surface area contributed by atoms with Crippen LogP contribution in [-0.2, 0) is 0 Å². The molecule has 2 heteroatoms. The largest absolute Gasteiger partial charge is 0.334 e. The maximum absolute atomic E-state index is 3.46. The van der Waals surface area contributed by atoms with Gasteiger partial charge in [-0.1, -0.05) is 11.6 Å². The van der Waals surface area contributed by atoms with Crippen molar-refractivity contribution >= 4 is 9.68 Å². The van der Waals surface area contributed by atoms with Crippen molar-refractivity contribution in [2.45, 2.75) is 46.2 Å². The molecule has 1 N–H and O–H groups in total. The van der Waals surface area contributed by atoms with Crippen molar-refractivity contribution in [2.24, 2.45) is 0 Å². The van der Waals surface area contributed by atoms with Crippen LogP contribution in [0.4, 0.5) is 0 Å². The Bertz CT molecular complexity index is 129. The first-order valence-electron chi connectivity index (χ1n) is 4.05. The first kappa shape index (κ1) is 10.9. The molecule has 0 atom stereocenters. The monoisotopic (exact) mass is 169 g/mol. The lowest BCUT2D eigenvalue weighted by atomic mass is 10.1. The molecule has 0 saturated heterocycles. The van der Waals surface area contributed by atoms with Crippen molar-refractivity contribution in [1.82, 2.24) is 4.98 Å². The Morgan fingerprint density at radius 3 is 2.27 bits per heavy atom. The molecule has 0 aliphatic rings. The summed E-state index contributed by atoms with van der Waals surface area (Å²) in [5, 5.41) is 0. The molecule has 11 heavy (non-hydrogen) atoms. The summed E-state index contributed by atoms with van der Waals surface area (Å²) in [4.78, 5) is 3.46. The van der Waals surface area contributed by atoms with Gasteiger partial charge >= 0.3 is 0 Å². The second-order valence-corrected chi connectivity index (χ2v) is 5.05. The molecule has 0 aromatic heterocycles. The zero-order chi connectivity index (χ0) is 8.91. The van der Waals surface area contributed by atoms with Gasteiger partial charge in [0.2, 0.25) is 0 Å². The van der Waals surface area contributed by atoms with E-state index < -0.39 is 0 Å². The van der Waals surface area contributed by atoms with Crippen LogP contribution in [0.2, 0.25) is 6.04 Å². The fraction of sp³-hybridized carbons (Fsp3) is 0.778. The summed E-state index contributed by atoms with van der Waals surface area (Å²) in [5.41, 5.74) is 1.68. The van der Waals surface area contributed by atoms with Gasteiger partial charge in [-0.2, -0.15) is 0 Å². The van der Waals surface area contributed by atoms with Crippen LogP contribution in [0.3, 0.4) is 0 Å². The van der Waals surface area contributed by atoms with Gasteiger partial charge in [-0.05, 0) is 40.7 Å². The van der Waals surface area contributed by atoms with Crippen molar-refractivity contribution in [1.29, 1.82) is 0 Å². The molecule has 0 rings (SSSR count). The van der Waals surface area contributed by atoms with E-state index in [0.29, 0.717) is 0 Å². The molecular formula is C9H19NSi. The molecule has 0 aromatic carbocycles. The van der Waals surface area contributed by atoms with E-state index in [1.54, 1.807) is 0 Å². The van der Waals surface area contributed by atoms with Crippen molar-refractivity contribution in [3.05, 3.63) is 11.6 Å². The third kappa shape index (κ3) is 9.92. The zero-order valence-corrected chi connectivity index (χ0v) is 9.28. The highest BCUT2D eigenvalue weighted by molar-refractivity contribution is 6.33. The lowest BCUT2D eigenvalue weighted by Gasteiger charge is -2.19. The normalized spacial score (nSPS) is 11.4. The fourth-order valence-electron chi connectivity index (χ4n) is 0.571. The summed E-state index contributed by atoms with van der Waals surface area (Å²) < 4.78 is 0. The lowest BCUT2D eigenvalue weighted by molar-refractivity contribution is 0.523. The molecule has 0 aliphatic carbocycles. The molecule has 0 unspecified atom stereocenters. The molecule has 0 spiro atoms. The Labute approximate surface area is 73.2 Å². The molecule has 1 nitrogen and oxygen atoms in total. The van der Waals surface area contributed by atoms with E-state index in [4.69, 9.17) is 0 Å². The van der Waals surface area contributed by atoms with E-state index in [9.17, 15) is 0 Å². The van der Waals surface area contributed by atoms with Gasteiger partial charge in [-0.25, -0.2) is 0 Å². The summed E-state index contributed by atoms with van der Waals surface area (Å²) >= 11 is 0. The zero-order valence-electron chi connectivity index (χ0n) is 8.28. The van der Waals surface area contributed by atoms with Crippen LogP contribution in [0, 0.1) is 0 Å². The van der Waals surface area contributed by atoms with E-state index in [2.05, 4.69) is 45.7 Å². The Hall–Kier alpha value is -0.0831. The molecule has 2 radical (unpaired) electrons. The van der Waals surface area contributed by atoms with Gasteiger partial charge in [0.1, 0.15) is 9.68 Å². The first-order chi connectivity index (χ1) is 4.92. The Kier molecular flexibility index (Phi) is 4.69. The molecule has 0 bridgehead atoms. The van der Waals surface area contributed by atoms with E-state index in [-0.39, 0.29) is 5.54 Å². The van der Waals surface area contributed by atoms with Gasteiger partial charge in [0.15, 0.2) is 0 Å². The minimum Gasteiger partial charge on any atom is -0.334 e. The third-order valence-corrected chi connectivity index (χ3v) is 2.41. The highest BCUT2D eigenvalue weighted by Crippen LogP contribution is 1.98. The van der Waals surface area contributed by atoms with E-state index >= 15 is 0 Å². The number of rotatable bonds is 3. The van der Waals surface area contributed by atoms with Crippen LogP contribution in [-0.4, -0.2) is 15.2 Å². The van der Waals surface area contributed by atoms with Crippen molar-refractivity contribution in [3.8, 4) is 0 Å². The van der Waals surface area contributed by atoms with Gasteiger partial charge in [0.05, 0.1) is 0 Å². The standard InChI is InChI=1S/C9H19NSi/c1-8(2)6-7-11-10-9(3,4)5/h6,10H,7H2,1-5H3. The minimum atomic E-state index is 0.272. The predicted octanol–water partition coefficient (Wildman–Crippen LogP) is 2.38. The maximum Gasteiger partial charge on any atom is 0.143 e. The second-order valence-electron chi connectivity index (χ2n) is 4.04. The topological polar surface area (TPSA) is 12.0 Å². The molecule has 0 heterocycles. The van der Waals surface area contributed by atoms with Gasteiger partial charge in [-0.15, -0.1) is 0 Å². The number of hydrogen-bond acceptors (Lipinski definition) is 1. The quantitative estimate of drug-likeness (QED) is 0.388. The van der Waals surface area contributed by atoms with Crippen LogP contribution in [0.15, 0.2) is 11.6 Å². The Balaban J connectivity index is 3.36. The van der Waals surface area contributed by atoms with Crippen molar-refractivity contribution in [3.63, 3.8) is 0 Å². The summed E-state index contributed by atoms with van der Waals surface area (Å²) in [6.07, 6.45) is 2.27. The summed E-state index contributed by atoms with van der Waals surface area (Å²) in [7, 11) is 0.850. The van der Waals surface area contributed by atoms with Gasteiger partial charge in [0.25, 0.3) is 0 Å². The predicted molar refractivity (Wildman–Crippen MR) is 52.9 cm³/mol. The minimum absolute atomic E-state index is 0.272. The SMILES string of the molecule is CC(C)=CC[Si]NC(C)(C)C. The molecule has 0 aromatic rings. The van der Waals surface area contributed by atoms with Gasteiger partial charge in [-0.3, -0.25) is 0 Å². The van der Waals surface area contributed by atoms with Crippen molar-refractivity contribution in [2.75, 3.05) is 0 Å². The van der Waals surface area contributed by atoms with Crippen molar-refractivity contribution < 1.29 is 0 Å². The highest BCUT2D eigenvalue weighted by Gasteiger charge is 2.06. The number of allylic oxidation sites excluding steroid dienone is 2. The van der Waals surface area contributed by atoms with Crippen LogP contribution >= 0.6 is 0 Å². The molecule has 0 fully saturated rings. The van der Waals surface area contributed by atoms with Gasteiger partial charge < -0.3 is 4.98 Å². The molecule has 0 saturated carbocycles. The number of hydrogen-bond donors (Lipinski definition) is 1. The van der Waals surface area contributed by atoms with Crippen LogP contribution < -0.4 is 4.98 Å². The number of nitrogens with one attached hydrogen (secondary N) is 1. The summed E-state index contributed by atoms with van der Waals surface area (Å²) in [5.74, 6) is 0. The van der Waals surface area contributed by atoms with E-state index in [1.165, 1.54) is 11.6 Å². The van der Waals surface area contributed by atoms with E-state index in [0.717, 1.165) is 9.68 Å². The van der Waals surface area contributed by atoms with Crippen LogP contribution in [0.25, 0.3) is 0 Å². The maximum atomic E-state index is 3.46. The van der Waals surface area contributed by atoms with Crippen LogP contribution in [0.5, 0.6) is 0 Å². The van der Waals surface area contributed by atoms with Crippen LogP contribution in [0.1, 0.15) is 34.6 Å². The first-order valence-corrected chi connectivity index (χ1v) is 5.26. The van der Waals surface area contributed by atoms with Gasteiger partial charge in [0, 0.05) is 5.54 Å². The second kappa shape index (κ2) is 4.73. The Morgan fingerprint density at radius 2 is 1.91 bits per heavy atom. The fourth-order valence-corrected chi connectivity index (χ4v) is 1.71. The third-order valence-electron chi connectivity index (χ3n) is 1.08. The summed E-state index contributed by atoms with van der Waals surface area (Å²) in [6.45, 7) is 10.9. The average Bonchev–Trinajstić information content (AvgIpc) is 1.78. The molecular weight excluding hydrogens is 150 g/mol. The highest BCUT2D eigenvalue weighted by atomic mass is 28.2.